The van der Waals surface area contributed by atoms with Gasteiger partial charge in [-0.05, 0) is 43.0 Å². The molecule has 20 heavy (non-hydrogen) atoms. The van der Waals surface area contributed by atoms with Crippen LogP contribution in [0.3, 0.4) is 0 Å². The number of ether oxygens (including phenoxy) is 2. The van der Waals surface area contributed by atoms with Crippen LogP contribution in [-0.4, -0.2) is 44.4 Å². The van der Waals surface area contributed by atoms with Crippen molar-refractivity contribution in [2.24, 2.45) is 5.92 Å². The van der Waals surface area contributed by atoms with E-state index in [1.165, 1.54) is 18.5 Å². The van der Waals surface area contributed by atoms with Gasteiger partial charge < -0.3 is 9.47 Å². The second-order valence-corrected chi connectivity index (χ2v) is 5.91. The second-order valence-electron chi connectivity index (χ2n) is 5.91. The molecule has 0 unspecified atom stereocenters. The first kappa shape index (κ1) is 15.3. The molecule has 0 saturated carbocycles. The molecule has 0 amide bonds. The Morgan fingerprint density at radius 3 is 2.80 bits per heavy atom. The fourth-order valence-corrected chi connectivity index (χ4v) is 2.39. The third-order valence-electron chi connectivity index (χ3n) is 3.53. The Morgan fingerprint density at radius 1 is 1.25 bits per heavy atom. The highest BCUT2D eigenvalue weighted by Crippen LogP contribution is 2.16. The molecular weight excluding hydrogens is 250 g/mol. The number of hydrogen-bond acceptors (Lipinski definition) is 3. The van der Waals surface area contributed by atoms with Crippen molar-refractivity contribution in [3.05, 3.63) is 29.8 Å². The lowest BCUT2D eigenvalue weighted by Crippen LogP contribution is -2.36. The van der Waals surface area contributed by atoms with Crippen LogP contribution in [0.25, 0.3) is 0 Å². The fourth-order valence-electron chi connectivity index (χ4n) is 2.39. The number of rotatable bonds is 7. The summed E-state index contributed by atoms with van der Waals surface area (Å²) in [7, 11) is 0. The van der Waals surface area contributed by atoms with Gasteiger partial charge >= 0.3 is 0 Å². The van der Waals surface area contributed by atoms with Gasteiger partial charge in [0.05, 0.1) is 19.8 Å². The Labute approximate surface area is 122 Å². The molecule has 1 heterocycles. The average molecular weight is 277 g/mol. The van der Waals surface area contributed by atoms with Crippen LogP contribution in [0.1, 0.15) is 25.8 Å². The average Bonchev–Trinajstić information content (AvgIpc) is 2.47. The molecule has 1 aromatic rings. The number of aryl methyl sites for hydroxylation is 1. The number of benzene rings is 1. The van der Waals surface area contributed by atoms with Crippen molar-refractivity contribution in [3.63, 3.8) is 0 Å². The standard InChI is InChI=1S/C17H27NO2/c1-15(2)14-20-17-7-3-5-16(13-17)6-4-8-18-9-11-19-12-10-18/h3,5,7,13,15H,4,6,8-12,14H2,1-2H3. The van der Waals surface area contributed by atoms with E-state index in [0.29, 0.717) is 5.92 Å². The molecule has 1 fully saturated rings. The van der Waals surface area contributed by atoms with Gasteiger partial charge in [0.2, 0.25) is 0 Å². The first-order valence-electron chi connectivity index (χ1n) is 7.76. The van der Waals surface area contributed by atoms with E-state index in [4.69, 9.17) is 9.47 Å². The Kier molecular flexibility index (Phi) is 6.34. The quantitative estimate of drug-likeness (QED) is 0.765. The normalized spacial score (nSPS) is 16.6. The van der Waals surface area contributed by atoms with E-state index in [1.807, 2.05) is 6.07 Å². The van der Waals surface area contributed by atoms with E-state index in [1.54, 1.807) is 0 Å². The van der Waals surface area contributed by atoms with E-state index >= 15 is 0 Å². The van der Waals surface area contributed by atoms with Crippen LogP contribution in [0, 0.1) is 5.92 Å². The van der Waals surface area contributed by atoms with E-state index in [2.05, 4.69) is 36.9 Å². The molecule has 0 bridgehead atoms. The van der Waals surface area contributed by atoms with Crippen molar-refractivity contribution >= 4 is 0 Å². The van der Waals surface area contributed by atoms with Crippen LogP contribution in [0.5, 0.6) is 5.75 Å². The highest BCUT2D eigenvalue weighted by Gasteiger charge is 2.09. The smallest absolute Gasteiger partial charge is 0.119 e. The SMILES string of the molecule is CC(C)COc1cccc(CCCN2CCOCC2)c1. The van der Waals surface area contributed by atoms with Gasteiger partial charge in [-0.1, -0.05) is 26.0 Å². The fraction of sp³-hybridized carbons (Fsp3) is 0.647. The molecule has 0 atom stereocenters. The van der Waals surface area contributed by atoms with Gasteiger partial charge in [-0.15, -0.1) is 0 Å². The molecule has 2 rings (SSSR count). The minimum Gasteiger partial charge on any atom is -0.493 e. The maximum atomic E-state index is 5.78. The first-order valence-corrected chi connectivity index (χ1v) is 7.76. The number of morpholine rings is 1. The van der Waals surface area contributed by atoms with Gasteiger partial charge in [-0.25, -0.2) is 0 Å². The van der Waals surface area contributed by atoms with Crippen LogP contribution >= 0.6 is 0 Å². The summed E-state index contributed by atoms with van der Waals surface area (Å²) in [4.78, 5) is 2.49. The van der Waals surface area contributed by atoms with Crippen molar-refractivity contribution < 1.29 is 9.47 Å². The molecule has 0 aromatic heterocycles. The van der Waals surface area contributed by atoms with Crippen molar-refractivity contribution in [2.75, 3.05) is 39.5 Å². The van der Waals surface area contributed by atoms with Gasteiger partial charge in [-0.3, -0.25) is 4.90 Å². The zero-order valence-corrected chi connectivity index (χ0v) is 12.8. The first-order chi connectivity index (χ1) is 9.74. The molecule has 0 N–H and O–H groups in total. The van der Waals surface area contributed by atoms with Crippen LogP contribution in [0.2, 0.25) is 0 Å². The highest BCUT2D eigenvalue weighted by molar-refractivity contribution is 5.28. The predicted octanol–water partition coefficient (Wildman–Crippen LogP) is 2.99. The topological polar surface area (TPSA) is 21.7 Å². The minimum atomic E-state index is 0.569. The molecule has 3 heteroatoms. The summed E-state index contributed by atoms with van der Waals surface area (Å²) >= 11 is 0. The molecule has 1 aromatic carbocycles. The molecule has 3 nitrogen and oxygen atoms in total. The van der Waals surface area contributed by atoms with Gasteiger partial charge in [0, 0.05) is 13.1 Å². The van der Waals surface area contributed by atoms with Crippen molar-refractivity contribution in [1.82, 2.24) is 4.90 Å². The van der Waals surface area contributed by atoms with Gasteiger partial charge in [0.15, 0.2) is 0 Å². The summed E-state index contributed by atoms with van der Waals surface area (Å²) in [5.74, 6) is 1.57. The molecule has 1 aliphatic rings. The van der Waals surface area contributed by atoms with Gasteiger partial charge in [0.25, 0.3) is 0 Å². The monoisotopic (exact) mass is 277 g/mol. The minimum absolute atomic E-state index is 0.569. The number of hydrogen-bond donors (Lipinski definition) is 0. The van der Waals surface area contributed by atoms with Crippen LogP contribution < -0.4 is 4.74 Å². The van der Waals surface area contributed by atoms with Crippen LogP contribution in [0.15, 0.2) is 24.3 Å². The maximum absolute atomic E-state index is 5.78. The largest absolute Gasteiger partial charge is 0.493 e. The van der Waals surface area contributed by atoms with Crippen molar-refractivity contribution in [2.45, 2.75) is 26.7 Å². The molecule has 0 spiro atoms. The summed E-state index contributed by atoms with van der Waals surface area (Å²) in [6.45, 7) is 10.2. The van der Waals surface area contributed by atoms with E-state index in [-0.39, 0.29) is 0 Å². The van der Waals surface area contributed by atoms with Gasteiger partial charge in [-0.2, -0.15) is 0 Å². The lowest BCUT2D eigenvalue weighted by molar-refractivity contribution is 0.0374. The summed E-state index contributed by atoms with van der Waals surface area (Å²) in [5, 5.41) is 0. The van der Waals surface area contributed by atoms with Crippen molar-refractivity contribution in [3.8, 4) is 5.75 Å². The van der Waals surface area contributed by atoms with E-state index in [0.717, 1.165) is 45.1 Å². The Balaban J connectivity index is 1.73. The molecule has 0 radical (unpaired) electrons. The molecule has 1 aliphatic heterocycles. The van der Waals surface area contributed by atoms with E-state index in [9.17, 15) is 0 Å². The summed E-state index contributed by atoms with van der Waals surface area (Å²) in [5.41, 5.74) is 1.37. The van der Waals surface area contributed by atoms with Crippen LogP contribution in [-0.2, 0) is 11.2 Å². The predicted molar refractivity (Wildman–Crippen MR) is 82.4 cm³/mol. The maximum Gasteiger partial charge on any atom is 0.119 e. The van der Waals surface area contributed by atoms with Crippen LogP contribution in [0.4, 0.5) is 0 Å². The van der Waals surface area contributed by atoms with Crippen molar-refractivity contribution in [1.29, 1.82) is 0 Å². The Bertz CT molecular complexity index is 386. The molecule has 1 saturated heterocycles. The summed E-state index contributed by atoms with van der Waals surface area (Å²) in [6, 6.07) is 8.52. The lowest BCUT2D eigenvalue weighted by Gasteiger charge is -2.26. The third kappa shape index (κ3) is 5.51. The van der Waals surface area contributed by atoms with E-state index < -0.39 is 0 Å². The summed E-state index contributed by atoms with van der Waals surface area (Å²) in [6.07, 6.45) is 2.32. The number of nitrogens with zero attached hydrogens (tertiary/aromatic N) is 1. The van der Waals surface area contributed by atoms with Gasteiger partial charge in [0.1, 0.15) is 5.75 Å². The summed E-state index contributed by atoms with van der Waals surface area (Å²) < 4.78 is 11.1. The second kappa shape index (κ2) is 8.28. The lowest BCUT2D eigenvalue weighted by atomic mass is 10.1. The zero-order valence-electron chi connectivity index (χ0n) is 12.8. The third-order valence-corrected chi connectivity index (χ3v) is 3.53. The Hall–Kier alpha value is -1.06. The molecule has 0 aliphatic carbocycles. The Morgan fingerprint density at radius 2 is 2.05 bits per heavy atom. The molecule has 112 valence electrons. The zero-order chi connectivity index (χ0) is 14.2. The molecular formula is C17H27NO2. The highest BCUT2D eigenvalue weighted by atomic mass is 16.5.